The van der Waals surface area contributed by atoms with Crippen molar-refractivity contribution >= 4 is 43.4 Å². The lowest BCUT2D eigenvalue weighted by molar-refractivity contribution is -0.142. The zero-order valence-corrected chi connectivity index (χ0v) is 16.0. The molecule has 1 heterocycles. The van der Waals surface area contributed by atoms with Crippen LogP contribution in [0.4, 0.5) is 0 Å². The normalized spacial score (nSPS) is 11.9. The van der Waals surface area contributed by atoms with Crippen LogP contribution in [0.5, 0.6) is 0 Å². The second-order valence-electron chi connectivity index (χ2n) is 6.24. The molecular weight excluding hydrogens is 380 g/mol. The van der Waals surface area contributed by atoms with Gasteiger partial charge >= 0.3 is 11.9 Å². The molecule has 0 amide bonds. The zero-order chi connectivity index (χ0) is 20.3. The molecule has 0 saturated carbocycles. The molecule has 6 nitrogen and oxygen atoms in total. The Morgan fingerprint density at radius 1 is 1.07 bits per heavy atom. The Morgan fingerprint density at radius 3 is 2.50 bits per heavy atom. The van der Waals surface area contributed by atoms with Crippen LogP contribution < -0.4 is 5.43 Å². The molecule has 28 heavy (non-hydrogen) atoms. The predicted octanol–water partition coefficient (Wildman–Crippen LogP) is 3.05. The highest BCUT2D eigenvalue weighted by molar-refractivity contribution is 7.24. The van der Waals surface area contributed by atoms with Crippen molar-refractivity contribution in [3.05, 3.63) is 70.4 Å². The fourth-order valence-electron chi connectivity index (χ4n) is 2.61. The molecule has 144 valence electrons. The van der Waals surface area contributed by atoms with Gasteiger partial charge in [-0.1, -0.05) is 24.8 Å². The van der Waals surface area contributed by atoms with Crippen molar-refractivity contribution < 1.29 is 24.2 Å². The van der Waals surface area contributed by atoms with Gasteiger partial charge < -0.3 is 14.6 Å². The highest BCUT2D eigenvalue weighted by atomic mass is 32.1. The molecule has 0 aliphatic carbocycles. The van der Waals surface area contributed by atoms with Gasteiger partial charge in [-0.3, -0.25) is 4.79 Å². The van der Waals surface area contributed by atoms with Gasteiger partial charge in [0.2, 0.25) is 0 Å². The minimum Gasteiger partial charge on any atom is -0.459 e. The molecule has 3 rings (SSSR count). The van der Waals surface area contributed by atoms with Gasteiger partial charge in [-0.25, -0.2) is 9.59 Å². The van der Waals surface area contributed by atoms with E-state index in [2.05, 4.69) is 6.58 Å². The van der Waals surface area contributed by atoms with E-state index in [4.69, 9.17) is 9.47 Å². The zero-order valence-electron chi connectivity index (χ0n) is 15.1. The van der Waals surface area contributed by atoms with Gasteiger partial charge in [0.25, 0.3) is 0 Å². The molecular formula is C21H18O6S. The fraction of sp³-hybridized carbons (Fsp3) is 0.190. The highest BCUT2D eigenvalue weighted by Gasteiger charge is 2.18. The predicted molar refractivity (Wildman–Crippen MR) is 108 cm³/mol. The average Bonchev–Trinajstić information content (AvgIpc) is 2.69. The number of aliphatic hydroxyl groups excluding tert-OH is 1. The first-order valence-corrected chi connectivity index (χ1v) is 9.32. The lowest BCUT2D eigenvalue weighted by Gasteiger charge is -2.12. The first-order chi connectivity index (χ1) is 13.4. The van der Waals surface area contributed by atoms with Crippen LogP contribution >= 0.6 is 11.3 Å². The maximum atomic E-state index is 12.9. The van der Waals surface area contributed by atoms with Crippen LogP contribution in [0.25, 0.3) is 20.2 Å². The van der Waals surface area contributed by atoms with E-state index in [0.717, 1.165) is 4.70 Å². The monoisotopic (exact) mass is 398 g/mol. The molecule has 2 aromatic carbocycles. The summed E-state index contributed by atoms with van der Waals surface area (Å²) in [7, 11) is 0. The van der Waals surface area contributed by atoms with Gasteiger partial charge in [0.15, 0.2) is 5.43 Å². The van der Waals surface area contributed by atoms with Gasteiger partial charge in [0, 0.05) is 20.4 Å². The quantitative estimate of drug-likeness (QED) is 0.390. The smallest absolute Gasteiger partial charge is 0.339 e. The third-order valence-electron chi connectivity index (χ3n) is 3.99. The van der Waals surface area contributed by atoms with Crippen LogP contribution in [0, 0.1) is 0 Å². The summed E-state index contributed by atoms with van der Waals surface area (Å²) in [6, 6.07) is 12.2. The number of benzene rings is 2. The second-order valence-corrected chi connectivity index (χ2v) is 7.32. The van der Waals surface area contributed by atoms with E-state index < -0.39 is 18.0 Å². The Labute approximate surface area is 164 Å². The molecule has 1 N–H and O–H groups in total. The largest absolute Gasteiger partial charge is 0.459 e. The van der Waals surface area contributed by atoms with Crippen LogP contribution in [-0.2, 0) is 14.3 Å². The lowest BCUT2D eigenvalue weighted by atomic mass is 10.1. The molecule has 3 aromatic rings. The van der Waals surface area contributed by atoms with E-state index in [1.165, 1.54) is 24.3 Å². The number of hydrogen-bond acceptors (Lipinski definition) is 7. The van der Waals surface area contributed by atoms with E-state index in [0.29, 0.717) is 15.5 Å². The maximum Gasteiger partial charge on any atom is 0.339 e. The van der Waals surface area contributed by atoms with Crippen molar-refractivity contribution in [2.45, 2.75) is 13.0 Å². The van der Waals surface area contributed by atoms with E-state index in [1.807, 2.05) is 12.1 Å². The van der Waals surface area contributed by atoms with Crippen molar-refractivity contribution in [1.82, 2.24) is 0 Å². The molecule has 0 spiro atoms. The summed E-state index contributed by atoms with van der Waals surface area (Å²) in [5, 5.41) is 10.7. The van der Waals surface area contributed by atoms with Crippen molar-refractivity contribution in [3.63, 3.8) is 0 Å². The Kier molecular flexibility index (Phi) is 5.87. The van der Waals surface area contributed by atoms with Crippen LogP contribution in [0.1, 0.15) is 17.3 Å². The topological polar surface area (TPSA) is 89.9 Å². The van der Waals surface area contributed by atoms with E-state index in [1.54, 1.807) is 24.3 Å². The molecule has 1 aromatic heterocycles. The van der Waals surface area contributed by atoms with E-state index in [-0.39, 0.29) is 29.8 Å². The Balaban J connectivity index is 1.80. The SMILES string of the molecule is C=C(C)C(=O)OC[C@@H](O)COC(=O)c1cccc2sc3ccccc3c(=O)c12. The number of ether oxygens (including phenoxy) is 2. The number of rotatable bonds is 6. The summed E-state index contributed by atoms with van der Waals surface area (Å²) < 4.78 is 11.4. The van der Waals surface area contributed by atoms with Crippen molar-refractivity contribution in [2.24, 2.45) is 0 Å². The Bertz CT molecular complexity index is 1130. The summed E-state index contributed by atoms with van der Waals surface area (Å²) in [4.78, 5) is 36.7. The first kappa shape index (κ1) is 19.7. The molecule has 0 bridgehead atoms. The van der Waals surface area contributed by atoms with Crippen molar-refractivity contribution in [3.8, 4) is 0 Å². The second kappa shape index (κ2) is 8.33. The minimum atomic E-state index is -1.18. The summed E-state index contributed by atoms with van der Waals surface area (Å²) >= 11 is 1.41. The third-order valence-corrected chi connectivity index (χ3v) is 5.12. The average molecular weight is 398 g/mol. The Hall–Kier alpha value is -3.03. The van der Waals surface area contributed by atoms with Crippen molar-refractivity contribution in [2.75, 3.05) is 13.2 Å². The number of aliphatic hydroxyl groups is 1. The van der Waals surface area contributed by atoms with Crippen molar-refractivity contribution in [1.29, 1.82) is 0 Å². The van der Waals surface area contributed by atoms with Crippen LogP contribution in [-0.4, -0.2) is 36.4 Å². The van der Waals surface area contributed by atoms with E-state index in [9.17, 15) is 19.5 Å². The van der Waals surface area contributed by atoms with Gasteiger partial charge in [-0.2, -0.15) is 0 Å². The van der Waals surface area contributed by atoms with Crippen LogP contribution in [0.2, 0.25) is 0 Å². The summed E-state index contributed by atoms with van der Waals surface area (Å²) in [5.74, 6) is -1.36. The number of hydrogen-bond donors (Lipinski definition) is 1. The number of esters is 2. The Morgan fingerprint density at radius 2 is 1.75 bits per heavy atom. The van der Waals surface area contributed by atoms with Gasteiger partial charge in [0.05, 0.1) is 10.9 Å². The van der Waals surface area contributed by atoms with Gasteiger partial charge in [-0.05, 0) is 31.2 Å². The fourth-order valence-corrected chi connectivity index (χ4v) is 3.72. The molecule has 0 radical (unpaired) electrons. The van der Waals surface area contributed by atoms with Gasteiger partial charge in [0.1, 0.15) is 19.3 Å². The molecule has 0 unspecified atom stereocenters. The number of fused-ring (bicyclic) bond motifs is 2. The number of carbonyl (C=O) groups excluding carboxylic acids is 2. The summed E-state index contributed by atoms with van der Waals surface area (Å²) in [6.45, 7) is 4.23. The maximum absolute atomic E-state index is 12.9. The summed E-state index contributed by atoms with van der Waals surface area (Å²) in [5.41, 5.74) is 0.0971. The number of carbonyl (C=O) groups is 2. The lowest BCUT2D eigenvalue weighted by Crippen LogP contribution is -2.25. The summed E-state index contributed by atoms with van der Waals surface area (Å²) in [6.07, 6.45) is -1.18. The molecule has 0 aliphatic heterocycles. The molecule has 0 fully saturated rings. The molecule has 7 heteroatoms. The van der Waals surface area contributed by atoms with Crippen LogP contribution in [0.15, 0.2) is 59.4 Å². The first-order valence-electron chi connectivity index (χ1n) is 8.51. The highest BCUT2D eigenvalue weighted by Crippen LogP contribution is 2.26. The third kappa shape index (κ3) is 4.11. The molecule has 0 aliphatic rings. The molecule has 0 saturated heterocycles. The van der Waals surface area contributed by atoms with Gasteiger partial charge in [-0.15, -0.1) is 11.3 Å². The molecule has 1 atom stereocenters. The van der Waals surface area contributed by atoms with E-state index >= 15 is 0 Å². The standard InChI is InChI=1S/C21H18O6S/c1-12(2)20(24)26-10-13(22)11-27-21(25)15-7-5-9-17-18(15)19(23)14-6-3-4-8-16(14)28-17/h3-9,13,22H,1,10-11H2,2H3/t13-/m1/s1. The van der Waals surface area contributed by atoms with Crippen LogP contribution in [0.3, 0.4) is 0 Å². The minimum absolute atomic E-state index is 0.135.